The second-order valence-corrected chi connectivity index (χ2v) is 9.00. The van der Waals surface area contributed by atoms with E-state index >= 15 is 0 Å². The third-order valence-electron chi connectivity index (χ3n) is 6.28. The Kier molecular flexibility index (Phi) is 9.03. The van der Waals surface area contributed by atoms with Gasteiger partial charge in [-0.2, -0.15) is 0 Å². The smallest absolute Gasteiger partial charge is 0.224 e. The number of aromatic nitrogens is 2. The second-order valence-electron chi connectivity index (χ2n) is 9.00. The Bertz CT molecular complexity index is 1310. The van der Waals surface area contributed by atoms with Gasteiger partial charge < -0.3 is 24.1 Å². The minimum atomic E-state index is -0.0388. The van der Waals surface area contributed by atoms with E-state index in [0.717, 1.165) is 47.6 Å². The Balaban J connectivity index is 1.30. The van der Waals surface area contributed by atoms with Crippen molar-refractivity contribution in [3.63, 3.8) is 0 Å². The highest BCUT2D eigenvalue weighted by atomic mass is 16.5. The molecule has 0 unspecified atom stereocenters. The highest BCUT2D eigenvalue weighted by Crippen LogP contribution is 2.27. The summed E-state index contributed by atoms with van der Waals surface area (Å²) in [5.41, 5.74) is 4.19. The third-order valence-corrected chi connectivity index (χ3v) is 6.28. The molecule has 4 aromatic rings. The average molecular weight is 502 g/mol. The van der Waals surface area contributed by atoms with E-state index in [4.69, 9.17) is 19.2 Å². The predicted octanol–water partition coefficient (Wildman–Crippen LogP) is 5.12. The number of carbonyl (C=O) groups is 1. The number of ether oxygens (including phenoxy) is 3. The van der Waals surface area contributed by atoms with Crippen LogP contribution in [0.15, 0.2) is 66.7 Å². The molecule has 1 amide bonds. The molecule has 0 radical (unpaired) electrons. The van der Waals surface area contributed by atoms with Crippen molar-refractivity contribution < 1.29 is 19.0 Å². The molecular weight excluding hydrogens is 466 g/mol. The zero-order chi connectivity index (χ0) is 26.0. The first kappa shape index (κ1) is 26.1. The number of hydrogen-bond acceptors (Lipinski definition) is 5. The van der Waals surface area contributed by atoms with Crippen LogP contribution in [0.2, 0.25) is 0 Å². The molecular formula is C30H35N3O4. The Labute approximate surface area is 218 Å². The number of para-hydroxylation sites is 2. The van der Waals surface area contributed by atoms with Crippen LogP contribution in [0.5, 0.6) is 17.2 Å². The van der Waals surface area contributed by atoms with Gasteiger partial charge in [0.2, 0.25) is 5.91 Å². The number of aryl methyl sites for hydroxylation is 2. The monoisotopic (exact) mass is 501 g/mol. The Morgan fingerprint density at radius 2 is 1.73 bits per heavy atom. The van der Waals surface area contributed by atoms with Crippen LogP contribution in [0.4, 0.5) is 0 Å². The molecule has 0 fully saturated rings. The lowest BCUT2D eigenvalue weighted by molar-refractivity contribution is -0.120. The summed E-state index contributed by atoms with van der Waals surface area (Å²) in [4.78, 5) is 17.4. The Morgan fingerprint density at radius 1 is 0.946 bits per heavy atom. The average Bonchev–Trinajstić information content (AvgIpc) is 3.26. The molecule has 0 saturated carbocycles. The standard InChI is InChI=1S/C30H35N3O4/c1-22-10-13-24(14-11-22)37-19-7-6-18-33-26-9-5-4-8-25(26)32-29(33)16-17-31-30(34)21-23-12-15-27(35-2)28(20-23)36-3/h4-5,8-15,20H,6-7,16-19,21H2,1-3H3,(H,31,34). The second kappa shape index (κ2) is 12.8. The first-order valence-corrected chi connectivity index (χ1v) is 12.7. The van der Waals surface area contributed by atoms with Crippen LogP contribution in [0.3, 0.4) is 0 Å². The van der Waals surface area contributed by atoms with Gasteiger partial charge >= 0.3 is 0 Å². The van der Waals surface area contributed by atoms with Crippen molar-refractivity contribution in [2.24, 2.45) is 0 Å². The number of benzene rings is 3. The molecule has 1 aromatic heterocycles. The van der Waals surface area contributed by atoms with Gasteiger partial charge in [-0.3, -0.25) is 4.79 Å². The molecule has 0 spiro atoms. The fourth-order valence-corrected chi connectivity index (χ4v) is 4.31. The summed E-state index contributed by atoms with van der Waals surface area (Å²) in [5.74, 6) is 3.11. The largest absolute Gasteiger partial charge is 0.494 e. The minimum absolute atomic E-state index is 0.0388. The van der Waals surface area contributed by atoms with E-state index in [0.29, 0.717) is 31.1 Å². The molecule has 4 rings (SSSR count). The van der Waals surface area contributed by atoms with Crippen LogP contribution in [-0.2, 0) is 24.2 Å². The van der Waals surface area contributed by atoms with E-state index in [1.165, 1.54) is 5.56 Å². The number of hydrogen-bond donors (Lipinski definition) is 1. The number of imidazole rings is 1. The zero-order valence-corrected chi connectivity index (χ0v) is 21.8. The van der Waals surface area contributed by atoms with Gasteiger partial charge in [-0.25, -0.2) is 4.98 Å². The molecule has 1 N–H and O–H groups in total. The highest BCUT2D eigenvalue weighted by molar-refractivity contribution is 5.79. The van der Waals surface area contributed by atoms with E-state index < -0.39 is 0 Å². The summed E-state index contributed by atoms with van der Waals surface area (Å²) < 4.78 is 18.8. The van der Waals surface area contributed by atoms with Crippen LogP contribution < -0.4 is 19.5 Å². The van der Waals surface area contributed by atoms with Gasteiger partial charge in [-0.05, 0) is 61.7 Å². The van der Waals surface area contributed by atoms with Gasteiger partial charge in [0.25, 0.3) is 0 Å². The summed E-state index contributed by atoms with van der Waals surface area (Å²) >= 11 is 0. The number of amides is 1. The van der Waals surface area contributed by atoms with Crippen LogP contribution in [0.25, 0.3) is 11.0 Å². The Hall–Kier alpha value is -4.00. The molecule has 7 heteroatoms. The molecule has 0 aliphatic carbocycles. The highest BCUT2D eigenvalue weighted by Gasteiger charge is 2.12. The van der Waals surface area contributed by atoms with E-state index in [2.05, 4.69) is 35.0 Å². The lowest BCUT2D eigenvalue weighted by Crippen LogP contribution is -2.28. The van der Waals surface area contributed by atoms with E-state index in [9.17, 15) is 4.79 Å². The van der Waals surface area contributed by atoms with E-state index in [1.54, 1.807) is 14.2 Å². The molecule has 7 nitrogen and oxygen atoms in total. The molecule has 1 heterocycles. The number of rotatable bonds is 13. The lowest BCUT2D eigenvalue weighted by Gasteiger charge is -2.11. The maximum absolute atomic E-state index is 12.6. The van der Waals surface area contributed by atoms with Crippen molar-refractivity contribution in [2.75, 3.05) is 27.4 Å². The quantitative estimate of drug-likeness (QED) is 0.257. The summed E-state index contributed by atoms with van der Waals surface area (Å²) in [7, 11) is 3.18. The number of fused-ring (bicyclic) bond motifs is 1. The summed E-state index contributed by atoms with van der Waals surface area (Å²) in [6, 6.07) is 21.8. The van der Waals surface area contributed by atoms with Crippen LogP contribution >= 0.6 is 0 Å². The van der Waals surface area contributed by atoms with Crippen molar-refractivity contribution >= 4 is 16.9 Å². The molecule has 0 aliphatic rings. The fraction of sp³-hybridized carbons (Fsp3) is 0.333. The van der Waals surface area contributed by atoms with Gasteiger partial charge in [0.1, 0.15) is 11.6 Å². The maximum Gasteiger partial charge on any atom is 0.224 e. The number of methoxy groups -OCH3 is 2. The molecule has 0 bridgehead atoms. The van der Waals surface area contributed by atoms with Crippen molar-refractivity contribution in [1.82, 2.24) is 14.9 Å². The zero-order valence-electron chi connectivity index (χ0n) is 21.8. The molecule has 0 atom stereocenters. The van der Waals surface area contributed by atoms with Crippen molar-refractivity contribution in [3.05, 3.63) is 83.7 Å². The maximum atomic E-state index is 12.6. The van der Waals surface area contributed by atoms with Gasteiger partial charge in [0.15, 0.2) is 11.5 Å². The molecule has 194 valence electrons. The Morgan fingerprint density at radius 3 is 2.51 bits per heavy atom. The lowest BCUT2D eigenvalue weighted by atomic mass is 10.1. The molecule has 37 heavy (non-hydrogen) atoms. The normalized spacial score (nSPS) is 10.9. The third kappa shape index (κ3) is 7.03. The topological polar surface area (TPSA) is 74.6 Å². The van der Waals surface area contributed by atoms with Crippen molar-refractivity contribution in [3.8, 4) is 17.2 Å². The van der Waals surface area contributed by atoms with Crippen molar-refractivity contribution in [1.29, 1.82) is 0 Å². The first-order chi connectivity index (χ1) is 18.1. The summed E-state index contributed by atoms with van der Waals surface area (Å²) in [6.45, 7) is 4.12. The van der Waals surface area contributed by atoms with Gasteiger partial charge in [0.05, 0.1) is 38.3 Å². The number of nitrogens with zero attached hydrogens (tertiary/aromatic N) is 2. The van der Waals surface area contributed by atoms with E-state index in [1.807, 2.05) is 48.5 Å². The minimum Gasteiger partial charge on any atom is -0.494 e. The van der Waals surface area contributed by atoms with Crippen LogP contribution in [0.1, 0.15) is 29.8 Å². The van der Waals surface area contributed by atoms with Gasteiger partial charge in [-0.15, -0.1) is 0 Å². The first-order valence-electron chi connectivity index (χ1n) is 12.7. The summed E-state index contributed by atoms with van der Waals surface area (Å²) in [6.07, 6.45) is 2.86. The van der Waals surface area contributed by atoms with Gasteiger partial charge in [-0.1, -0.05) is 35.9 Å². The number of carbonyl (C=O) groups excluding carboxylic acids is 1. The number of nitrogens with one attached hydrogen (secondary N) is 1. The van der Waals surface area contributed by atoms with Crippen molar-refractivity contribution in [2.45, 2.75) is 39.2 Å². The SMILES string of the molecule is COc1ccc(CC(=O)NCCc2nc3ccccc3n2CCCCOc2ccc(C)cc2)cc1OC. The fourth-order valence-electron chi connectivity index (χ4n) is 4.31. The van der Waals surface area contributed by atoms with Crippen LogP contribution in [0, 0.1) is 6.92 Å². The van der Waals surface area contributed by atoms with Crippen LogP contribution in [-0.4, -0.2) is 42.8 Å². The van der Waals surface area contributed by atoms with Gasteiger partial charge in [0, 0.05) is 19.5 Å². The van der Waals surface area contributed by atoms with E-state index in [-0.39, 0.29) is 12.3 Å². The summed E-state index contributed by atoms with van der Waals surface area (Å²) in [5, 5.41) is 3.03. The molecule has 0 aliphatic heterocycles. The predicted molar refractivity (Wildman–Crippen MR) is 146 cm³/mol. The molecule has 0 saturated heterocycles. The number of unbranched alkanes of at least 4 members (excludes halogenated alkanes) is 1. The molecule has 3 aromatic carbocycles.